The molecular formula is C8H14N2O. The van der Waals surface area contributed by atoms with Gasteiger partial charge in [0.2, 0.25) is 0 Å². The molecule has 0 aliphatic rings. The molecule has 0 aromatic carbocycles. The van der Waals surface area contributed by atoms with Crippen LogP contribution in [0.25, 0.3) is 0 Å². The van der Waals surface area contributed by atoms with E-state index >= 15 is 0 Å². The van der Waals surface area contributed by atoms with Gasteiger partial charge in [0.15, 0.2) is 0 Å². The molecule has 0 saturated heterocycles. The van der Waals surface area contributed by atoms with Crippen molar-refractivity contribution in [3.05, 3.63) is 17.5 Å². The van der Waals surface area contributed by atoms with Crippen LogP contribution in [-0.4, -0.2) is 11.7 Å². The van der Waals surface area contributed by atoms with Gasteiger partial charge in [-0.3, -0.25) is 0 Å². The molecule has 3 nitrogen and oxygen atoms in total. The molecule has 0 fully saturated rings. The summed E-state index contributed by atoms with van der Waals surface area (Å²) in [5.74, 6) is 0. The fraction of sp³-hybridized carbons (Fsp3) is 0.625. The highest BCUT2D eigenvalue weighted by Crippen LogP contribution is 2.03. The Balaban J connectivity index is 2.32. The second-order valence-corrected chi connectivity index (χ2v) is 2.60. The molecule has 1 N–H and O–H groups in total. The lowest BCUT2D eigenvalue weighted by atomic mass is 10.2. The highest BCUT2D eigenvalue weighted by Gasteiger charge is 1.99. The standard InChI is InChI=1S/C8H14N2O/c1-3-4-9-5-8-6-11-10-7(8)2/h6,9H,3-5H2,1-2H3. The summed E-state index contributed by atoms with van der Waals surface area (Å²) >= 11 is 0. The van der Waals surface area contributed by atoms with Crippen molar-refractivity contribution >= 4 is 0 Å². The third kappa shape index (κ3) is 2.35. The number of rotatable bonds is 4. The monoisotopic (exact) mass is 154 g/mol. The zero-order valence-corrected chi connectivity index (χ0v) is 7.05. The van der Waals surface area contributed by atoms with Crippen LogP contribution in [-0.2, 0) is 6.54 Å². The van der Waals surface area contributed by atoms with Crippen LogP contribution < -0.4 is 5.32 Å². The van der Waals surface area contributed by atoms with Gasteiger partial charge in [-0.2, -0.15) is 0 Å². The van der Waals surface area contributed by atoms with E-state index in [9.17, 15) is 0 Å². The Labute approximate surface area is 66.8 Å². The van der Waals surface area contributed by atoms with Crippen LogP contribution in [0, 0.1) is 6.92 Å². The molecule has 0 unspecified atom stereocenters. The highest BCUT2D eigenvalue weighted by molar-refractivity contribution is 5.11. The smallest absolute Gasteiger partial charge is 0.128 e. The van der Waals surface area contributed by atoms with Gasteiger partial charge >= 0.3 is 0 Å². The van der Waals surface area contributed by atoms with Crippen molar-refractivity contribution in [1.82, 2.24) is 10.5 Å². The minimum atomic E-state index is 0.864. The maximum Gasteiger partial charge on any atom is 0.128 e. The maximum absolute atomic E-state index is 4.79. The van der Waals surface area contributed by atoms with Crippen LogP contribution in [0.15, 0.2) is 10.8 Å². The van der Waals surface area contributed by atoms with Gasteiger partial charge < -0.3 is 9.84 Å². The maximum atomic E-state index is 4.79. The lowest BCUT2D eigenvalue weighted by Crippen LogP contribution is -2.13. The summed E-state index contributed by atoms with van der Waals surface area (Å²) in [4.78, 5) is 0. The van der Waals surface area contributed by atoms with E-state index in [2.05, 4.69) is 17.4 Å². The molecule has 0 spiro atoms. The molecule has 1 rings (SSSR count). The first-order valence-electron chi connectivity index (χ1n) is 3.95. The molecule has 0 saturated carbocycles. The fourth-order valence-electron chi connectivity index (χ4n) is 0.882. The van der Waals surface area contributed by atoms with Gasteiger partial charge in [-0.1, -0.05) is 12.1 Å². The number of aryl methyl sites for hydroxylation is 1. The minimum Gasteiger partial charge on any atom is -0.364 e. The van der Waals surface area contributed by atoms with Crippen LogP contribution in [0.5, 0.6) is 0 Å². The van der Waals surface area contributed by atoms with Crippen molar-refractivity contribution in [3.8, 4) is 0 Å². The Morgan fingerprint density at radius 3 is 3.00 bits per heavy atom. The van der Waals surface area contributed by atoms with Gasteiger partial charge in [-0.15, -0.1) is 0 Å². The summed E-state index contributed by atoms with van der Waals surface area (Å²) < 4.78 is 4.79. The first kappa shape index (κ1) is 8.27. The quantitative estimate of drug-likeness (QED) is 0.667. The number of aromatic nitrogens is 1. The van der Waals surface area contributed by atoms with Crippen LogP contribution >= 0.6 is 0 Å². The topological polar surface area (TPSA) is 38.1 Å². The predicted octanol–water partition coefficient (Wildman–Crippen LogP) is 1.48. The normalized spacial score (nSPS) is 10.4. The molecular weight excluding hydrogens is 140 g/mol. The molecule has 0 aliphatic carbocycles. The summed E-state index contributed by atoms with van der Waals surface area (Å²) in [5.41, 5.74) is 2.13. The van der Waals surface area contributed by atoms with E-state index in [1.807, 2.05) is 6.92 Å². The van der Waals surface area contributed by atoms with Gasteiger partial charge in [-0.25, -0.2) is 0 Å². The Bertz CT molecular complexity index is 208. The van der Waals surface area contributed by atoms with Gasteiger partial charge in [0.1, 0.15) is 6.26 Å². The zero-order chi connectivity index (χ0) is 8.10. The van der Waals surface area contributed by atoms with E-state index in [0.717, 1.165) is 30.8 Å². The van der Waals surface area contributed by atoms with Gasteiger partial charge in [0.25, 0.3) is 0 Å². The molecule has 1 heterocycles. The molecule has 1 aromatic heterocycles. The van der Waals surface area contributed by atoms with Crippen molar-refractivity contribution in [2.24, 2.45) is 0 Å². The van der Waals surface area contributed by atoms with E-state index in [4.69, 9.17) is 4.52 Å². The fourth-order valence-corrected chi connectivity index (χ4v) is 0.882. The first-order chi connectivity index (χ1) is 5.34. The van der Waals surface area contributed by atoms with E-state index in [-0.39, 0.29) is 0 Å². The summed E-state index contributed by atoms with van der Waals surface area (Å²) in [6.45, 7) is 6.01. The van der Waals surface area contributed by atoms with Crippen molar-refractivity contribution in [1.29, 1.82) is 0 Å². The van der Waals surface area contributed by atoms with Crippen LogP contribution in [0.1, 0.15) is 24.6 Å². The Morgan fingerprint density at radius 2 is 2.45 bits per heavy atom. The minimum absolute atomic E-state index is 0.864. The molecule has 0 aliphatic heterocycles. The van der Waals surface area contributed by atoms with Crippen molar-refractivity contribution in [3.63, 3.8) is 0 Å². The van der Waals surface area contributed by atoms with Crippen LogP contribution in [0.4, 0.5) is 0 Å². The SMILES string of the molecule is CCCNCc1conc1C. The van der Waals surface area contributed by atoms with E-state index in [0.29, 0.717) is 0 Å². The molecule has 0 atom stereocenters. The number of nitrogens with zero attached hydrogens (tertiary/aromatic N) is 1. The van der Waals surface area contributed by atoms with Crippen LogP contribution in [0.2, 0.25) is 0 Å². The molecule has 1 aromatic rings. The van der Waals surface area contributed by atoms with E-state index in [1.54, 1.807) is 6.26 Å². The van der Waals surface area contributed by atoms with Gasteiger partial charge in [0.05, 0.1) is 5.69 Å². The Hall–Kier alpha value is -0.830. The lowest BCUT2D eigenvalue weighted by Gasteiger charge is -1.98. The van der Waals surface area contributed by atoms with Crippen molar-refractivity contribution in [2.45, 2.75) is 26.8 Å². The third-order valence-electron chi connectivity index (χ3n) is 1.59. The average molecular weight is 154 g/mol. The Morgan fingerprint density at radius 1 is 1.64 bits per heavy atom. The average Bonchev–Trinajstić information content (AvgIpc) is 2.37. The molecule has 0 amide bonds. The number of nitrogens with one attached hydrogen (secondary N) is 1. The lowest BCUT2D eigenvalue weighted by molar-refractivity contribution is 0.414. The van der Waals surface area contributed by atoms with Crippen molar-refractivity contribution < 1.29 is 4.52 Å². The molecule has 62 valence electrons. The number of hydrogen-bond donors (Lipinski definition) is 1. The molecule has 11 heavy (non-hydrogen) atoms. The predicted molar refractivity (Wildman–Crippen MR) is 43.2 cm³/mol. The second kappa shape index (κ2) is 4.13. The first-order valence-corrected chi connectivity index (χ1v) is 3.95. The van der Waals surface area contributed by atoms with E-state index in [1.165, 1.54) is 0 Å². The summed E-state index contributed by atoms with van der Waals surface area (Å²) in [6, 6.07) is 0. The van der Waals surface area contributed by atoms with Crippen LogP contribution in [0.3, 0.4) is 0 Å². The van der Waals surface area contributed by atoms with E-state index < -0.39 is 0 Å². The molecule has 3 heteroatoms. The van der Waals surface area contributed by atoms with Gasteiger partial charge in [0, 0.05) is 12.1 Å². The number of hydrogen-bond acceptors (Lipinski definition) is 3. The highest BCUT2D eigenvalue weighted by atomic mass is 16.5. The van der Waals surface area contributed by atoms with Gasteiger partial charge in [-0.05, 0) is 19.9 Å². The Kier molecular flexibility index (Phi) is 3.11. The summed E-state index contributed by atoms with van der Waals surface area (Å²) in [7, 11) is 0. The third-order valence-corrected chi connectivity index (χ3v) is 1.59. The second-order valence-electron chi connectivity index (χ2n) is 2.60. The molecule has 0 bridgehead atoms. The summed E-state index contributed by atoms with van der Waals surface area (Å²) in [6.07, 6.45) is 2.85. The summed E-state index contributed by atoms with van der Waals surface area (Å²) in [5, 5.41) is 7.06. The van der Waals surface area contributed by atoms with Crippen molar-refractivity contribution in [2.75, 3.05) is 6.54 Å². The largest absolute Gasteiger partial charge is 0.364 e. The zero-order valence-electron chi connectivity index (χ0n) is 7.05. The molecule has 0 radical (unpaired) electrons.